The van der Waals surface area contributed by atoms with Gasteiger partial charge in [-0.05, 0) is 74.0 Å². The fraction of sp³-hybridized carbons (Fsp3) is 0.167. The maximum atomic E-state index is 13.0. The van der Waals surface area contributed by atoms with Gasteiger partial charge in [0.25, 0.3) is 21.8 Å². The molecule has 2 amide bonds. The third kappa shape index (κ3) is 5.12. The van der Waals surface area contributed by atoms with Gasteiger partial charge in [0.05, 0.1) is 17.2 Å². The number of anilines is 3. The van der Waals surface area contributed by atoms with E-state index >= 15 is 0 Å². The molecule has 3 N–H and O–H groups in total. The Balaban J connectivity index is 1.52. The van der Waals surface area contributed by atoms with Crippen molar-refractivity contribution in [1.29, 1.82) is 0 Å². The lowest BCUT2D eigenvalue weighted by molar-refractivity contribution is -0.118. The first kappa shape index (κ1) is 23.1. The standard InChI is InChI=1S/C24H23N3O6S/c1-3-32-19-9-7-17(8-10-19)27-34(30,31)22-13-18(6-4-15(22)2)25-24(29)16-5-11-20-21(12-16)33-14-23(28)26-20/h4-13,27H,3,14H2,1-2H3,(H,25,29)(H,26,28). The molecule has 9 nitrogen and oxygen atoms in total. The van der Waals surface area contributed by atoms with Crippen LogP contribution in [0, 0.1) is 6.92 Å². The van der Waals surface area contributed by atoms with Gasteiger partial charge in [-0.2, -0.15) is 0 Å². The summed E-state index contributed by atoms with van der Waals surface area (Å²) in [5.74, 6) is 0.312. The zero-order chi connectivity index (χ0) is 24.3. The molecule has 0 fully saturated rings. The van der Waals surface area contributed by atoms with Crippen LogP contribution in [-0.2, 0) is 14.8 Å². The molecule has 4 rings (SSSR count). The molecule has 34 heavy (non-hydrogen) atoms. The molecule has 176 valence electrons. The second-order valence-electron chi connectivity index (χ2n) is 7.55. The molecule has 0 aromatic heterocycles. The van der Waals surface area contributed by atoms with Gasteiger partial charge in [0.1, 0.15) is 11.5 Å². The number of amides is 2. The van der Waals surface area contributed by atoms with Crippen molar-refractivity contribution in [3.63, 3.8) is 0 Å². The third-order valence-electron chi connectivity index (χ3n) is 5.03. The van der Waals surface area contributed by atoms with Crippen molar-refractivity contribution < 1.29 is 27.5 Å². The van der Waals surface area contributed by atoms with E-state index in [2.05, 4.69) is 15.4 Å². The maximum absolute atomic E-state index is 13.0. The average molecular weight is 482 g/mol. The first-order valence-electron chi connectivity index (χ1n) is 10.5. The molecule has 0 bridgehead atoms. The van der Waals surface area contributed by atoms with Crippen LogP contribution in [0.25, 0.3) is 0 Å². The minimum absolute atomic E-state index is 0.0377. The fourth-order valence-electron chi connectivity index (χ4n) is 3.38. The summed E-state index contributed by atoms with van der Waals surface area (Å²) in [6.45, 7) is 3.92. The predicted molar refractivity (Wildman–Crippen MR) is 128 cm³/mol. The van der Waals surface area contributed by atoms with Crippen LogP contribution in [0.2, 0.25) is 0 Å². The number of aryl methyl sites for hydroxylation is 1. The zero-order valence-corrected chi connectivity index (χ0v) is 19.4. The molecule has 1 aliphatic rings. The van der Waals surface area contributed by atoms with E-state index in [0.717, 1.165) is 0 Å². The topological polar surface area (TPSA) is 123 Å². The van der Waals surface area contributed by atoms with Gasteiger partial charge in [-0.3, -0.25) is 14.3 Å². The minimum atomic E-state index is -3.91. The summed E-state index contributed by atoms with van der Waals surface area (Å²) in [5, 5.41) is 5.37. The van der Waals surface area contributed by atoms with Crippen LogP contribution >= 0.6 is 0 Å². The SMILES string of the molecule is CCOc1ccc(NS(=O)(=O)c2cc(NC(=O)c3ccc4c(c3)OCC(=O)N4)ccc2C)cc1. The highest BCUT2D eigenvalue weighted by Crippen LogP contribution is 2.29. The quantitative estimate of drug-likeness (QED) is 0.472. The van der Waals surface area contributed by atoms with Crippen LogP contribution < -0.4 is 24.8 Å². The van der Waals surface area contributed by atoms with Crippen molar-refractivity contribution in [1.82, 2.24) is 0 Å². The van der Waals surface area contributed by atoms with E-state index in [1.807, 2.05) is 6.92 Å². The second-order valence-corrected chi connectivity index (χ2v) is 9.20. The highest BCUT2D eigenvalue weighted by Gasteiger charge is 2.20. The fourth-order valence-corrected chi connectivity index (χ4v) is 4.71. The van der Waals surface area contributed by atoms with Crippen molar-refractivity contribution in [2.75, 3.05) is 28.6 Å². The lowest BCUT2D eigenvalue weighted by Gasteiger charge is -2.18. The molecular formula is C24H23N3O6S. The van der Waals surface area contributed by atoms with Crippen LogP contribution in [0.15, 0.2) is 65.6 Å². The molecule has 1 aliphatic heterocycles. The summed E-state index contributed by atoms with van der Waals surface area (Å²) < 4.78 is 39.3. The number of carbonyl (C=O) groups is 2. The van der Waals surface area contributed by atoms with Gasteiger partial charge in [-0.25, -0.2) is 8.42 Å². The van der Waals surface area contributed by atoms with Gasteiger partial charge in [-0.15, -0.1) is 0 Å². The van der Waals surface area contributed by atoms with E-state index in [-0.39, 0.29) is 17.4 Å². The van der Waals surface area contributed by atoms with Gasteiger partial charge < -0.3 is 20.1 Å². The molecule has 0 atom stereocenters. The number of fused-ring (bicyclic) bond motifs is 1. The van der Waals surface area contributed by atoms with Crippen LogP contribution in [0.5, 0.6) is 11.5 Å². The molecule has 3 aromatic rings. The number of ether oxygens (including phenoxy) is 2. The number of hydrogen-bond donors (Lipinski definition) is 3. The largest absolute Gasteiger partial charge is 0.494 e. The van der Waals surface area contributed by atoms with Crippen molar-refractivity contribution >= 4 is 38.9 Å². The van der Waals surface area contributed by atoms with Crippen molar-refractivity contribution in [2.24, 2.45) is 0 Å². The summed E-state index contributed by atoms with van der Waals surface area (Å²) in [6.07, 6.45) is 0. The van der Waals surface area contributed by atoms with Gasteiger partial charge in [0.2, 0.25) is 0 Å². The maximum Gasteiger partial charge on any atom is 0.262 e. The lowest BCUT2D eigenvalue weighted by atomic mass is 10.1. The Morgan fingerprint density at radius 3 is 2.53 bits per heavy atom. The third-order valence-corrected chi connectivity index (χ3v) is 6.55. The molecule has 0 radical (unpaired) electrons. The molecular weight excluding hydrogens is 458 g/mol. The van der Waals surface area contributed by atoms with Gasteiger partial charge in [0, 0.05) is 16.9 Å². The van der Waals surface area contributed by atoms with E-state index in [9.17, 15) is 18.0 Å². The Hall–Kier alpha value is -4.05. The van der Waals surface area contributed by atoms with E-state index in [1.165, 1.54) is 12.1 Å². The lowest BCUT2D eigenvalue weighted by Crippen LogP contribution is -2.25. The number of rotatable bonds is 7. The van der Waals surface area contributed by atoms with E-state index in [0.29, 0.717) is 46.3 Å². The molecule has 1 heterocycles. The van der Waals surface area contributed by atoms with E-state index < -0.39 is 15.9 Å². The molecule has 3 aromatic carbocycles. The molecule has 0 spiro atoms. The second kappa shape index (κ2) is 9.44. The van der Waals surface area contributed by atoms with Gasteiger partial charge in [-0.1, -0.05) is 6.07 Å². The van der Waals surface area contributed by atoms with Gasteiger partial charge in [0.15, 0.2) is 6.61 Å². The van der Waals surface area contributed by atoms with Crippen LogP contribution in [0.3, 0.4) is 0 Å². The monoisotopic (exact) mass is 481 g/mol. The van der Waals surface area contributed by atoms with Crippen molar-refractivity contribution in [3.05, 3.63) is 71.8 Å². The predicted octanol–water partition coefficient (Wildman–Crippen LogP) is 3.78. The zero-order valence-electron chi connectivity index (χ0n) is 18.5. The number of carbonyl (C=O) groups excluding carboxylic acids is 2. The summed E-state index contributed by atoms with van der Waals surface area (Å²) in [7, 11) is -3.91. The summed E-state index contributed by atoms with van der Waals surface area (Å²) >= 11 is 0. The van der Waals surface area contributed by atoms with Crippen molar-refractivity contribution in [3.8, 4) is 11.5 Å². The molecule has 0 aliphatic carbocycles. The number of sulfonamides is 1. The number of benzene rings is 3. The average Bonchev–Trinajstić information content (AvgIpc) is 2.81. The Bertz CT molecular complexity index is 1350. The van der Waals surface area contributed by atoms with Gasteiger partial charge >= 0.3 is 0 Å². The summed E-state index contributed by atoms with van der Waals surface area (Å²) in [5.41, 5.74) is 2.01. The van der Waals surface area contributed by atoms with E-state index in [4.69, 9.17) is 9.47 Å². The normalized spacial score (nSPS) is 12.7. The number of hydrogen-bond acceptors (Lipinski definition) is 6. The molecule has 10 heteroatoms. The Kier molecular flexibility index (Phi) is 6.42. The molecule has 0 unspecified atom stereocenters. The Labute approximate surface area is 197 Å². The highest BCUT2D eigenvalue weighted by atomic mass is 32.2. The first-order valence-corrected chi connectivity index (χ1v) is 12.0. The van der Waals surface area contributed by atoms with Crippen LogP contribution in [0.4, 0.5) is 17.1 Å². The highest BCUT2D eigenvalue weighted by molar-refractivity contribution is 7.92. The summed E-state index contributed by atoms with van der Waals surface area (Å²) in [6, 6.07) is 15.9. The summed E-state index contributed by atoms with van der Waals surface area (Å²) in [4.78, 5) is 24.2. The van der Waals surface area contributed by atoms with E-state index in [1.54, 1.807) is 55.5 Å². The first-order chi connectivity index (χ1) is 16.2. The molecule has 0 saturated heterocycles. The Morgan fingerprint density at radius 2 is 1.79 bits per heavy atom. The Morgan fingerprint density at radius 1 is 1.06 bits per heavy atom. The van der Waals surface area contributed by atoms with Crippen LogP contribution in [0.1, 0.15) is 22.8 Å². The van der Waals surface area contributed by atoms with Crippen LogP contribution in [-0.4, -0.2) is 33.4 Å². The minimum Gasteiger partial charge on any atom is -0.494 e. The van der Waals surface area contributed by atoms with Crippen molar-refractivity contribution in [2.45, 2.75) is 18.7 Å². The smallest absolute Gasteiger partial charge is 0.262 e. The molecule has 0 saturated carbocycles. The number of nitrogens with one attached hydrogen (secondary N) is 3.